The fourth-order valence-electron chi connectivity index (χ4n) is 3.04. The molecule has 1 fully saturated rings. The molecule has 136 valence electrons. The Morgan fingerprint density at radius 2 is 2.12 bits per heavy atom. The smallest absolute Gasteiger partial charge is 0.276 e. The van der Waals surface area contributed by atoms with Crippen LogP contribution in [0.1, 0.15) is 17.9 Å². The molecule has 1 aliphatic rings. The Labute approximate surface area is 160 Å². The predicted octanol–water partition coefficient (Wildman–Crippen LogP) is 3.54. The van der Waals surface area contributed by atoms with Crippen molar-refractivity contribution in [2.75, 3.05) is 11.5 Å². The molecule has 0 amide bonds. The molecule has 0 bridgehead atoms. The van der Waals surface area contributed by atoms with Gasteiger partial charge in [0.1, 0.15) is 5.15 Å². The first-order valence-electron chi connectivity index (χ1n) is 8.18. The third kappa shape index (κ3) is 4.02. The summed E-state index contributed by atoms with van der Waals surface area (Å²) in [6.45, 7) is 0. The Balaban J connectivity index is 1.41. The van der Waals surface area contributed by atoms with Crippen molar-refractivity contribution in [3.05, 3.63) is 46.9 Å². The number of hydrogen-bond donors (Lipinski definition) is 0. The zero-order valence-corrected chi connectivity index (χ0v) is 16.1. The number of benzene rings is 1. The monoisotopic (exact) mass is 409 g/mol. The summed E-state index contributed by atoms with van der Waals surface area (Å²) in [7, 11) is -2.89. The number of pyridine rings is 1. The van der Waals surface area contributed by atoms with Crippen molar-refractivity contribution >= 4 is 44.1 Å². The number of para-hydroxylation sites is 1. The standard InChI is InChI=1S/C17H16ClN3O3S2/c18-16-13(8-12-3-1-2-4-14(12)19-16)9-25-17-21-20-15(24-17)7-11-5-6-26(22,23)10-11/h1-4,8,11H,5-7,9-10H2. The first-order chi connectivity index (χ1) is 12.5. The van der Waals surface area contributed by atoms with E-state index < -0.39 is 9.84 Å². The second-order valence-corrected chi connectivity index (χ2v) is 9.87. The number of thioether (sulfide) groups is 1. The average Bonchev–Trinajstić information content (AvgIpc) is 3.19. The van der Waals surface area contributed by atoms with Crippen molar-refractivity contribution in [3.8, 4) is 0 Å². The van der Waals surface area contributed by atoms with Gasteiger partial charge in [0.15, 0.2) is 9.84 Å². The Hall–Kier alpha value is -1.64. The maximum Gasteiger partial charge on any atom is 0.276 e. The van der Waals surface area contributed by atoms with Gasteiger partial charge in [0.05, 0.1) is 17.0 Å². The molecule has 3 heterocycles. The molecule has 3 aromatic rings. The van der Waals surface area contributed by atoms with Crippen molar-refractivity contribution < 1.29 is 12.8 Å². The zero-order valence-electron chi connectivity index (χ0n) is 13.8. The maximum absolute atomic E-state index is 11.5. The minimum atomic E-state index is -2.89. The molecule has 26 heavy (non-hydrogen) atoms. The van der Waals surface area contributed by atoms with Crippen LogP contribution in [0.4, 0.5) is 0 Å². The fraction of sp³-hybridized carbons (Fsp3) is 0.353. The van der Waals surface area contributed by atoms with E-state index in [-0.39, 0.29) is 17.4 Å². The lowest BCUT2D eigenvalue weighted by Gasteiger charge is -2.04. The van der Waals surface area contributed by atoms with Gasteiger partial charge in [0, 0.05) is 23.1 Å². The average molecular weight is 410 g/mol. The highest BCUT2D eigenvalue weighted by Crippen LogP contribution is 2.29. The lowest BCUT2D eigenvalue weighted by molar-refractivity contribution is 0.389. The van der Waals surface area contributed by atoms with Gasteiger partial charge < -0.3 is 4.42 Å². The van der Waals surface area contributed by atoms with Gasteiger partial charge in [-0.15, -0.1) is 10.2 Å². The van der Waals surface area contributed by atoms with E-state index in [0.29, 0.717) is 34.9 Å². The second kappa shape index (κ2) is 7.17. The lowest BCUT2D eigenvalue weighted by atomic mass is 10.1. The van der Waals surface area contributed by atoms with Crippen LogP contribution in [0.3, 0.4) is 0 Å². The first kappa shape index (κ1) is 17.8. The minimum absolute atomic E-state index is 0.0671. The van der Waals surface area contributed by atoms with Crippen LogP contribution in [-0.4, -0.2) is 35.1 Å². The molecule has 0 aliphatic carbocycles. The molecule has 1 aliphatic heterocycles. The number of sulfone groups is 1. The molecule has 9 heteroatoms. The van der Waals surface area contributed by atoms with E-state index in [9.17, 15) is 8.42 Å². The van der Waals surface area contributed by atoms with E-state index in [2.05, 4.69) is 15.2 Å². The fourth-order valence-corrected chi connectivity index (χ4v) is 5.94. The summed E-state index contributed by atoms with van der Waals surface area (Å²) < 4.78 is 28.7. The van der Waals surface area contributed by atoms with E-state index in [1.165, 1.54) is 11.8 Å². The molecule has 0 saturated carbocycles. The summed E-state index contributed by atoms with van der Waals surface area (Å²) in [5, 5.41) is 10.0. The van der Waals surface area contributed by atoms with Gasteiger partial charge in [0.2, 0.25) is 5.89 Å². The summed E-state index contributed by atoms with van der Waals surface area (Å²) in [6, 6.07) is 9.81. The molecule has 2 aromatic heterocycles. The Morgan fingerprint density at radius 1 is 1.27 bits per heavy atom. The number of hydrogen-bond acceptors (Lipinski definition) is 7. The largest absolute Gasteiger partial charge is 0.416 e. The molecule has 4 rings (SSSR count). The Kier molecular flexibility index (Phi) is 4.90. The molecule has 6 nitrogen and oxygen atoms in total. The normalized spacial score (nSPS) is 19.2. The second-order valence-electron chi connectivity index (χ2n) is 6.35. The summed E-state index contributed by atoms with van der Waals surface area (Å²) in [5.41, 5.74) is 1.76. The van der Waals surface area contributed by atoms with Gasteiger partial charge in [-0.2, -0.15) is 0 Å². The topological polar surface area (TPSA) is 86.0 Å². The number of rotatable bonds is 5. The van der Waals surface area contributed by atoms with Gasteiger partial charge >= 0.3 is 0 Å². The van der Waals surface area contributed by atoms with Crippen LogP contribution < -0.4 is 0 Å². The number of aromatic nitrogens is 3. The molecule has 0 spiro atoms. The van der Waals surface area contributed by atoms with Crippen LogP contribution in [0.5, 0.6) is 0 Å². The molecule has 1 saturated heterocycles. The highest BCUT2D eigenvalue weighted by molar-refractivity contribution is 7.98. The molecule has 0 radical (unpaired) electrons. The highest BCUT2D eigenvalue weighted by Gasteiger charge is 2.29. The van der Waals surface area contributed by atoms with Crippen molar-refractivity contribution in [1.82, 2.24) is 15.2 Å². The summed E-state index contributed by atoms with van der Waals surface area (Å²) in [6.07, 6.45) is 1.16. The third-order valence-electron chi connectivity index (χ3n) is 4.34. The maximum atomic E-state index is 11.5. The lowest BCUT2D eigenvalue weighted by Crippen LogP contribution is -2.07. The van der Waals surface area contributed by atoms with Crippen LogP contribution in [-0.2, 0) is 22.0 Å². The van der Waals surface area contributed by atoms with Crippen LogP contribution >= 0.6 is 23.4 Å². The molecular weight excluding hydrogens is 394 g/mol. The van der Waals surface area contributed by atoms with E-state index >= 15 is 0 Å². The molecule has 1 unspecified atom stereocenters. The quantitative estimate of drug-likeness (QED) is 0.470. The first-order valence-corrected chi connectivity index (χ1v) is 11.4. The predicted molar refractivity (Wildman–Crippen MR) is 101 cm³/mol. The van der Waals surface area contributed by atoms with Crippen LogP contribution in [0.2, 0.25) is 5.15 Å². The van der Waals surface area contributed by atoms with E-state index in [4.69, 9.17) is 16.0 Å². The van der Waals surface area contributed by atoms with Crippen molar-refractivity contribution in [3.63, 3.8) is 0 Å². The van der Waals surface area contributed by atoms with Crippen LogP contribution in [0.25, 0.3) is 10.9 Å². The molecule has 0 N–H and O–H groups in total. The molecule has 1 atom stereocenters. The molecule has 1 aromatic carbocycles. The van der Waals surface area contributed by atoms with Crippen molar-refractivity contribution in [1.29, 1.82) is 0 Å². The number of fused-ring (bicyclic) bond motifs is 1. The Bertz CT molecular complexity index is 1050. The zero-order chi connectivity index (χ0) is 18.1. The van der Waals surface area contributed by atoms with Gasteiger partial charge in [-0.1, -0.05) is 41.6 Å². The number of nitrogens with zero attached hydrogens (tertiary/aromatic N) is 3. The van der Waals surface area contributed by atoms with E-state index in [1.807, 2.05) is 30.3 Å². The minimum Gasteiger partial charge on any atom is -0.416 e. The van der Waals surface area contributed by atoms with E-state index in [1.54, 1.807) is 0 Å². The van der Waals surface area contributed by atoms with Gasteiger partial charge in [0.25, 0.3) is 5.22 Å². The van der Waals surface area contributed by atoms with Gasteiger partial charge in [-0.3, -0.25) is 0 Å². The van der Waals surface area contributed by atoms with Crippen LogP contribution in [0, 0.1) is 5.92 Å². The molecular formula is C17H16ClN3O3S2. The summed E-state index contributed by atoms with van der Waals surface area (Å²) >= 11 is 7.66. The summed E-state index contributed by atoms with van der Waals surface area (Å²) in [4.78, 5) is 4.40. The SMILES string of the molecule is O=S1(=O)CCC(Cc2nnc(SCc3cc4ccccc4nc3Cl)o2)C1. The van der Waals surface area contributed by atoms with Crippen molar-refractivity contribution in [2.24, 2.45) is 5.92 Å². The van der Waals surface area contributed by atoms with Gasteiger partial charge in [-0.05, 0) is 24.5 Å². The highest BCUT2D eigenvalue weighted by atomic mass is 35.5. The van der Waals surface area contributed by atoms with Gasteiger partial charge in [-0.25, -0.2) is 13.4 Å². The Morgan fingerprint density at radius 3 is 2.92 bits per heavy atom. The van der Waals surface area contributed by atoms with E-state index in [0.717, 1.165) is 16.5 Å². The van der Waals surface area contributed by atoms with Crippen LogP contribution in [0.15, 0.2) is 40.0 Å². The summed E-state index contributed by atoms with van der Waals surface area (Å²) in [5.74, 6) is 1.57. The number of halogens is 1. The third-order valence-corrected chi connectivity index (χ3v) is 7.37. The van der Waals surface area contributed by atoms with Crippen molar-refractivity contribution in [2.45, 2.75) is 23.8 Å².